The van der Waals surface area contributed by atoms with Gasteiger partial charge in [-0.15, -0.1) is 0 Å². The van der Waals surface area contributed by atoms with Gasteiger partial charge in [-0.1, -0.05) is 0 Å². The third-order valence-electron chi connectivity index (χ3n) is 1.40. The fraction of sp³-hybridized carbons (Fsp3) is 0.429. The van der Waals surface area contributed by atoms with E-state index >= 15 is 0 Å². The van der Waals surface area contributed by atoms with Gasteiger partial charge in [0.15, 0.2) is 0 Å². The van der Waals surface area contributed by atoms with E-state index in [1.54, 1.807) is 32.3 Å². The number of nitrogens with zero attached hydrogens (tertiary/aromatic N) is 3. The van der Waals surface area contributed by atoms with Gasteiger partial charge in [0, 0.05) is 6.20 Å². The van der Waals surface area contributed by atoms with Crippen molar-refractivity contribution in [2.45, 2.75) is 19.9 Å². The molecule has 0 aliphatic heterocycles. The molecule has 0 bridgehead atoms. The van der Waals surface area contributed by atoms with Crippen LogP contribution in [0.25, 0.3) is 0 Å². The van der Waals surface area contributed by atoms with Crippen LogP contribution in [0.5, 0.6) is 0 Å². The van der Waals surface area contributed by atoms with Crippen molar-refractivity contribution in [3.63, 3.8) is 0 Å². The van der Waals surface area contributed by atoms with Crippen molar-refractivity contribution in [3.05, 3.63) is 18.5 Å². The smallest absolute Gasteiger partial charge is 0.428 e. The zero-order valence-electron chi connectivity index (χ0n) is 7.01. The van der Waals surface area contributed by atoms with Crippen LogP contribution in [0.15, 0.2) is 18.5 Å². The van der Waals surface area contributed by atoms with Crippen LogP contribution in [0.4, 0.5) is 4.79 Å². The molecule has 1 aromatic heterocycles. The highest BCUT2D eigenvalue weighted by Crippen LogP contribution is 1.97. The molecule has 1 aromatic rings. The van der Waals surface area contributed by atoms with Gasteiger partial charge in [-0.2, -0.15) is 14.9 Å². The molecular formula is C7H11N3O2. The molecular weight excluding hydrogens is 158 g/mol. The molecule has 0 aliphatic carbocycles. The number of aromatic nitrogens is 2. The fourth-order valence-corrected chi connectivity index (χ4v) is 0.933. The van der Waals surface area contributed by atoms with Crippen molar-refractivity contribution in [3.8, 4) is 0 Å². The maximum absolute atomic E-state index is 10.7. The predicted molar refractivity (Wildman–Crippen MR) is 43.6 cm³/mol. The molecule has 0 spiro atoms. The fourth-order valence-electron chi connectivity index (χ4n) is 0.933. The highest BCUT2D eigenvalue weighted by molar-refractivity contribution is 5.76. The van der Waals surface area contributed by atoms with Crippen LogP contribution in [0.2, 0.25) is 0 Å². The van der Waals surface area contributed by atoms with E-state index in [9.17, 15) is 4.79 Å². The van der Waals surface area contributed by atoms with E-state index in [0.29, 0.717) is 0 Å². The van der Waals surface area contributed by atoms with E-state index in [4.69, 9.17) is 5.11 Å². The topological polar surface area (TPSA) is 58.4 Å². The minimum absolute atomic E-state index is 0.123. The van der Waals surface area contributed by atoms with Crippen LogP contribution >= 0.6 is 0 Å². The highest BCUT2D eigenvalue weighted by Gasteiger charge is 2.17. The number of hydrogen-bond acceptors (Lipinski definition) is 2. The molecule has 0 fully saturated rings. The van der Waals surface area contributed by atoms with Crippen LogP contribution in [-0.2, 0) is 0 Å². The summed E-state index contributed by atoms with van der Waals surface area (Å²) < 4.78 is 0. The van der Waals surface area contributed by atoms with E-state index in [0.717, 1.165) is 5.01 Å². The summed E-state index contributed by atoms with van der Waals surface area (Å²) in [5.74, 6) is 0. The Morgan fingerprint density at radius 3 is 2.67 bits per heavy atom. The van der Waals surface area contributed by atoms with E-state index in [1.807, 2.05) is 0 Å². The minimum atomic E-state index is -1.01. The molecule has 1 rings (SSSR count). The quantitative estimate of drug-likeness (QED) is 0.715. The Labute approximate surface area is 70.2 Å². The van der Waals surface area contributed by atoms with Crippen molar-refractivity contribution in [1.82, 2.24) is 9.89 Å². The molecule has 1 N–H and O–H groups in total. The lowest BCUT2D eigenvalue weighted by Crippen LogP contribution is -2.44. The van der Waals surface area contributed by atoms with E-state index in [1.165, 1.54) is 4.79 Å². The summed E-state index contributed by atoms with van der Waals surface area (Å²) in [6.45, 7) is 3.58. The molecule has 5 heteroatoms. The Kier molecular flexibility index (Phi) is 2.32. The van der Waals surface area contributed by atoms with Gasteiger partial charge >= 0.3 is 6.09 Å². The Morgan fingerprint density at radius 1 is 1.67 bits per heavy atom. The number of hydrogen-bond donors (Lipinski definition) is 1. The zero-order chi connectivity index (χ0) is 9.14. The summed E-state index contributed by atoms with van der Waals surface area (Å²) in [7, 11) is 0. The first-order valence-corrected chi connectivity index (χ1v) is 3.65. The normalized spacial score (nSPS) is 10.2. The van der Waals surface area contributed by atoms with Crippen LogP contribution in [-0.4, -0.2) is 27.1 Å². The first kappa shape index (κ1) is 8.58. The summed E-state index contributed by atoms with van der Waals surface area (Å²) in [6.07, 6.45) is 2.13. The maximum Gasteiger partial charge on any atom is 0.428 e. The van der Waals surface area contributed by atoms with Gasteiger partial charge in [-0.05, 0) is 19.9 Å². The first-order valence-electron chi connectivity index (χ1n) is 3.65. The number of carbonyl (C=O) groups is 1. The lowest BCUT2D eigenvalue weighted by Gasteiger charge is -2.22. The molecule has 0 atom stereocenters. The lowest BCUT2D eigenvalue weighted by molar-refractivity contribution is 0.190. The van der Waals surface area contributed by atoms with Crippen molar-refractivity contribution < 1.29 is 9.90 Å². The minimum Gasteiger partial charge on any atom is -0.464 e. The molecule has 5 nitrogen and oxygen atoms in total. The third kappa shape index (κ3) is 1.55. The summed E-state index contributed by atoms with van der Waals surface area (Å²) >= 11 is 0. The van der Waals surface area contributed by atoms with E-state index in [2.05, 4.69) is 5.10 Å². The summed E-state index contributed by atoms with van der Waals surface area (Å²) in [6, 6.07) is 1.56. The Balaban J connectivity index is 2.88. The van der Waals surface area contributed by atoms with Gasteiger partial charge in [0.05, 0.1) is 12.2 Å². The Hall–Kier alpha value is -1.52. The van der Waals surface area contributed by atoms with Crippen LogP contribution < -0.4 is 5.01 Å². The van der Waals surface area contributed by atoms with E-state index in [-0.39, 0.29) is 6.04 Å². The SMILES string of the molecule is CC(C)N(C(=O)O)n1cccn1. The van der Waals surface area contributed by atoms with Crippen LogP contribution in [0.3, 0.4) is 0 Å². The standard InChI is InChI=1S/C7H11N3O2/c1-6(2)10(7(11)12)9-5-3-4-8-9/h3-6H,1-2H3,(H,11,12). The molecule has 0 aliphatic rings. The van der Waals surface area contributed by atoms with Crippen molar-refractivity contribution in [1.29, 1.82) is 0 Å². The van der Waals surface area contributed by atoms with Crippen molar-refractivity contribution >= 4 is 6.09 Å². The van der Waals surface area contributed by atoms with Gasteiger partial charge in [0.1, 0.15) is 0 Å². The van der Waals surface area contributed by atoms with Crippen molar-refractivity contribution in [2.24, 2.45) is 0 Å². The monoisotopic (exact) mass is 169 g/mol. The van der Waals surface area contributed by atoms with Gasteiger partial charge in [0.25, 0.3) is 0 Å². The Morgan fingerprint density at radius 2 is 2.33 bits per heavy atom. The van der Waals surface area contributed by atoms with Gasteiger partial charge in [-0.3, -0.25) is 0 Å². The molecule has 0 aromatic carbocycles. The number of amides is 1. The molecule has 1 heterocycles. The van der Waals surface area contributed by atoms with Gasteiger partial charge < -0.3 is 5.11 Å². The predicted octanol–water partition coefficient (Wildman–Crippen LogP) is 0.907. The molecule has 66 valence electrons. The maximum atomic E-state index is 10.7. The molecule has 0 radical (unpaired) electrons. The number of carboxylic acid groups (broad SMARTS) is 1. The average Bonchev–Trinajstić information content (AvgIpc) is 2.37. The average molecular weight is 169 g/mol. The first-order chi connectivity index (χ1) is 5.63. The van der Waals surface area contributed by atoms with Gasteiger partial charge in [-0.25, -0.2) is 4.79 Å². The van der Waals surface area contributed by atoms with Crippen molar-refractivity contribution in [2.75, 3.05) is 5.01 Å². The highest BCUT2D eigenvalue weighted by atomic mass is 16.4. The van der Waals surface area contributed by atoms with Crippen LogP contribution in [0.1, 0.15) is 13.8 Å². The molecule has 12 heavy (non-hydrogen) atoms. The second-order valence-electron chi connectivity index (χ2n) is 2.65. The third-order valence-corrected chi connectivity index (χ3v) is 1.40. The largest absolute Gasteiger partial charge is 0.464 e. The van der Waals surface area contributed by atoms with Crippen LogP contribution in [0, 0.1) is 0 Å². The summed E-state index contributed by atoms with van der Waals surface area (Å²) in [5.41, 5.74) is 0. The zero-order valence-corrected chi connectivity index (χ0v) is 7.01. The molecule has 0 saturated carbocycles. The van der Waals surface area contributed by atoms with Gasteiger partial charge in [0.2, 0.25) is 0 Å². The second-order valence-corrected chi connectivity index (χ2v) is 2.65. The van der Waals surface area contributed by atoms with E-state index < -0.39 is 6.09 Å². The molecule has 0 saturated heterocycles. The lowest BCUT2D eigenvalue weighted by atomic mass is 10.4. The molecule has 1 amide bonds. The molecule has 0 unspecified atom stereocenters. The second kappa shape index (κ2) is 3.25. The Bertz CT molecular complexity index is 256. The summed E-state index contributed by atoms with van der Waals surface area (Å²) in [4.78, 5) is 12.0. The number of rotatable bonds is 2. The summed E-state index contributed by atoms with van der Waals surface area (Å²) in [5, 5.41) is 13.7.